The number of amides is 1. The molecule has 2 bridgehead atoms. The van der Waals surface area contributed by atoms with E-state index >= 15 is 4.39 Å². The number of hydrogen-bond acceptors (Lipinski definition) is 9. The van der Waals surface area contributed by atoms with Gasteiger partial charge in [0.2, 0.25) is 0 Å². The molecule has 0 spiro atoms. The number of alkyl halides is 2. The van der Waals surface area contributed by atoms with Gasteiger partial charge in [0.05, 0.1) is 18.8 Å². The third-order valence-electron chi connectivity index (χ3n) is 9.81. The molecule has 4 aliphatic rings. The summed E-state index contributed by atoms with van der Waals surface area (Å²) in [4.78, 5) is 31.7. The average molecular weight is 807 g/mol. The smallest absolute Gasteiger partial charge is 0.415 e. The van der Waals surface area contributed by atoms with Crippen molar-refractivity contribution in [2.75, 3.05) is 31.1 Å². The number of aromatic nitrogens is 1. The van der Waals surface area contributed by atoms with Gasteiger partial charge in [0.25, 0.3) is 0 Å². The molecule has 16 heteroatoms. The topological polar surface area (TPSA) is 104 Å². The van der Waals surface area contributed by atoms with Crippen molar-refractivity contribution in [3.8, 4) is 11.5 Å². The fourth-order valence-corrected chi connectivity index (χ4v) is 8.21. The van der Waals surface area contributed by atoms with E-state index in [4.69, 9.17) is 42.1 Å². The van der Waals surface area contributed by atoms with Gasteiger partial charge in [-0.15, -0.1) is 11.3 Å². The van der Waals surface area contributed by atoms with Crippen LogP contribution in [0.4, 0.5) is 23.7 Å². The summed E-state index contributed by atoms with van der Waals surface area (Å²) in [5.41, 5.74) is 0.710. The van der Waals surface area contributed by atoms with E-state index in [1.165, 1.54) is 47.4 Å². The van der Waals surface area contributed by atoms with Crippen LogP contribution in [0.25, 0.3) is 0 Å². The summed E-state index contributed by atoms with van der Waals surface area (Å²) in [6.07, 6.45) is 3.82. The standard InChI is InChI=1S/C38H36Cl2F3N3O7S/c39-27-18-45(49)19-28(40)26(27)16-32(24-7-9-31(52-37(42)43)33(15-24)50-21-22-5-6-22)51-36(47)35-10-8-25(54-35)17-46(30-4-2-1-3-29(30)41)38(48)53-34-20-44-13-11-23(34)12-14-44/h1-4,7-10,15,18-19,22-23,32,34,37H,5-6,11-14,16-17,20-21H2/t32-,34-/m0/s1. The van der Waals surface area contributed by atoms with Gasteiger partial charge < -0.3 is 24.2 Å². The van der Waals surface area contributed by atoms with E-state index in [2.05, 4.69) is 4.90 Å². The van der Waals surface area contributed by atoms with Crippen LogP contribution in [0.3, 0.4) is 0 Å². The molecule has 3 saturated heterocycles. The largest absolute Gasteiger partial charge is 0.619 e. The molecule has 2 aromatic heterocycles. The first kappa shape index (κ1) is 38.1. The highest BCUT2D eigenvalue weighted by atomic mass is 35.5. The second kappa shape index (κ2) is 16.6. The van der Waals surface area contributed by atoms with Crippen LogP contribution in [0.15, 0.2) is 67.0 Å². The van der Waals surface area contributed by atoms with Crippen molar-refractivity contribution in [1.29, 1.82) is 0 Å². The number of hydrogen-bond donors (Lipinski definition) is 0. The second-order valence-electron chi connectivity index (χ2n) is 13.6. The Morgan fingerprint density at radius 2 is 1.74 bits per heavy atom. The Hall–Kier alpha value is -4.24. The van der Waals surface area contributed by atoms with E-state index in [9.17, 15) is 23.6 Å². The zero-order valence-electron chi connectivity index (χ0n) is 28.8. The molecule has 1 amide bonds. The van der Waals surface area contributed by atoms with Gasteiger partial charge in [0.1, 0.15) is 32.9 Å². The van der Waals surface area contributed by atoms with Gasteiger partial charge in [-0.1, -0.05) is 41.4 Å². The fraction of sp³-hybridized carbons (Fsp3) is 0.395. The van der Waals surface area contributed by atoms with Crippen molar-refractivity contribution in [3.05, 3.63) is 109 Å². The van der Waals surface area contributed by atoms with Gasteiger partial charge >= 0.3 is 18.7 Å². The molecule has 0 radical (unpaired) electrons. The van der Waals surface area contributed by atoms with Gasteiger partial charge in [-0.3, -0.25) is 9.80 Å². The Morgan fingerprint density at radius 3 is 2.41 bits per heavy atom. The molecule has 2 aromatic carbocycles. The van der Waals surface area contributed by atoms with Crippen LogP contribution in [0.2, 0.25) is 10.0 Å². The van der Waals surface area contributed by atoms with Crippen LogP contribution in [-0.2, 0) is 22.4 Å². The zero-order chi connectivity index (χ0) is 37.9. The summed E-state index contributed by atoms with van der Waals surface area (Å²) in [6.45, 7) is -0.335. The molecule has 0 unspecified atom stereocenters. The monoisotopic (exact) mass is 805 g/mol. The average Bonchev–Trinajstić information content (AvgIpc) is 3.86. The van der Waals surface area contributed by atoms with E-state index < -0.39 is 30.6 Å². The third-order valence-corrected chi connectivity index (χ3v) is 11.5. The number of anilines is 1. The maximum absolute atomic E-state index is 15.1. The van der Waals surface area contributed by atoms with E-state index in [1.807, 2.05) is 0 Å². The molecule has 10 nitrogen and oxygen atoms in total. The normalized spacial score (nSPS) is 19.7. The number of fused-ring (bicyclic) bond motifs is 3. The van der Waals surface area contributed by atoms with Crippen molar-refractivity contribution in [1.82, 2.24) is 4.90 Å². The molecule has 286 valence electrons. The van der Waals surface area contributed by atoms with Gasteiger partial charge in [-0.25, -0.2) is 14.0 Å². The molecule has 5 heterocycles. The quantitative estimate of drug-likeness (QED) is 0.0710. The lowest BCUT2D eigenvalue weighted by atomic mass is 9.86. The maximum Gasteiger partial charge on any atom is 0.415 e. The first-order valence-electron chi connectivity index (χ1n) is 17.5. The Balaban J connectivity index is 1.13. The predicted octanol–water partition coefficient (Wildman–Crippen LogP) is 8.60. The molecule has 4 fully saturated rings. The number of benzene rings is 2. The summed E-state index contributed by atoms with van der Waals surface area (Å²) < 4.78 is 64.6. The van der Waals surface area contributed by atoms with Crippen molar-refractivity contribution >= 4 is 52.3 Å². The van der Waals surface area contributed by atoms with Crippen molar-refractivity contribution in [2.45, 2.75) is 57.5 Å². The lowest BCUT2D eigenvalue weighted by Gasteiger charge is -2.44. The zero-order valence-corrected chi connectivity index (χ0v) is 31.1. The summed E-state index contributed by atoms with van der Waals surface area (Å²) in [5.74, 6) is -0.954. The summed E-state index contributed by atoms with van der Waals surface area (Å²) in [6, 6.07) is 13.3. The number of halogens is 5. The highest BCUT2D eigenvalue weighted by molar-refractivity contribution is 7.14. The molecule has 0 N–H and O–H groups in total. The van der Waals surface area contributed by atoms with Crippen molar-refractivity contribution in [3.63, 3.8) is 0 Å². The fourth-order valence-electron chi connectivity index (χ4n) is 6.73. The van der Waals surface area contributed by atoms with E-state index in [0.717, 1.165) is 62.5 Å². The van der Waals surface area contributed by atoms with Crippen LogP contribution in [0.5, 0.6) is 11.5 Å². The molecule has 54 heavy (non-hydrogen) atoms. The number of nitrogens with zero attached hydrogens (tertiary/aromatic N) is 3. The van der Waals surface area contributed by atoms with E-state index in [0.29, 0.717) is 39.8 Å². The maximum atomic E-state index is 15.1. The lowest BCUT2D eigenvalue weighted by Crippen LogP contribution is -2.53. The van der Waals surface area contributed by atoms with Crippen LogP contribution in [0.1, 0.15) is 57.5 Å². The number of piperidine rings is 3. The molecule has 8 rings (SSSR count). The molecule has 3 aliphatic heterocycles. The van der Waals surface area contributed by atoms with Gasteiger partial charge in [0, 0.05) is 23.4 Å². The number of pyridine rings is 1. The number of carbonyl (C=O) groups is 2. The van der Waals surface area contributed by atoms with Gasteiger partial charge in [-0.05, 0) is 92.6 Å². The minimum atomic E-state index is -3.10. The molecule has 1 aliphatic carbocycles. The molecule has 4 aromatic rings. The summed E-state index contributed by atoms with van der Waals surface area (Å²) in [7, 11) is 0. The summed E-state index contributed by atoms with van der Waals surface area (Å²) >= 11 is 13.8. The third kappa shape index (κ3) is 9.16. The lowest BCUT2D eigenvalue weighted by molar-refractivity contribution is -0.605. The Bertz CT molecular complexity index is 1970. The number of ether oxygens (including phenoxy) is 4. The predicted molar refractivity (Wildman–Crippen MR) is 195 cm³/mol. The molecule has 2 atom stereocenters. The summed E-state index contributed by atoms with van der Waals surface area (Å²) in [5, 5.41) is 12.0. The van der Waals surface area contributed by atoms with Crippen LogP contribution < -0.4 is 19.1 Å². The number of para-hydroxylation sites is 1. The minimum Gasteiger partial charge on any atom is -0.619 e. The molecule has 1 saturated carbocycles. The Morgan fingerprint density at radius 1 is 1.00 bits per heavy atom. The van der Waals surface area contributed by atoms with Crippen molar-refractivity contribution in [2.24, 2.45) is 11.8 Å². The highest BCUT2D eigenvalue weighted by Gasteiger charge is 2.38. The van der Waals surface area contributed by atoms with E-state index in [1.54, 1.807) is 12.1 Å². The first-order chi connectivity index (χ1) is 26.0. The second-order valence-corrected chi connectivity index (χ2v) is 15.6. The number of carbonyl (C=O) groups excluding carboxylic acids is 2. The van der Waals surface area contributed by atoms with Gasteiger partial charge in [0.15, 0.2) is 23.9 Å². The van der Waals surface area contributed by atoms with E-state index in [-0.39, 0.29) is 57.1 Å². The van der Waals surface area contributed by atoms with Crippen molar-refractivity contribution < 1.29 is 46.4 Å². The van der Waals surface area contributed by atoms with Crippen LogP contribution >= 0.6 is 34.5 Å². The first-order valence-corrected chi connectivity index (χ1v) is 19.1. The molecular formula is C38H36Cl2F3N3O7S. The SMILES string of the molecule is O=C(O[C@@H](Cc1c(Cl)c[n+]([O-])cc1Cl)c1ccc(OC(F)F)c(OCC2CC2)c1)c1ccc(CN(C(=O)O[C@H]2CN3CCC2CC3)c2ccccc2F)s1. The van der Waals surface area contributed by atoms with Gasteiger partial charge in [-0.2, -0.15) is 13.5 Å². The number of esters is 1. The number of rotatable bonds is 14. The Labute approximate surface area is 323 Å². The Kier molecular flexibility index (Phi) is 11.7. The molecular weight excluding hydrogens is 770 g/mol. The van der Waals surface area contributed by atoms with Crippen LogP contribution in [0, 0.1) is 22.9 Å². The minimum absolute atomic E-state index is 0.0261. The number of thiophene rings is 1. The van der Waals surface area contributed by atoms with Crippen LogP contribution in [-0.4, -0.2) is 55.9 Å². The highest BCUT2D eigenvalue weighted by Crippen LogP contribution is 2.39.